The van der Waals surface area contributed by atoms with Crippen molar-refractivity contribution in [3.63, 3.8) is 0 Å². The van der Waals surface area contributed by atoms with Gasteiger partial charge in [-0.05, 0) is 38.5 Å². The first-order chi connectivity index (χ1) is 14.2. The smallest absolute Gasteiger partial charge is 0.331 e. The molecule has 30 heavy (non-hydrogen) atoms. The molecule has 1 aromatic rings. The van der Waals surface area contributed by atoms with Gasteiger partial charge < -0.3 is 4.90 Å². The van der Waals surface area contributed by atoms with Crippen LogP contribution >= 0.6 is 11.3 Å². The maximum atomic E-state index is 13.2. The van der Waals surface area contributed by atoms with Crippen LogP contribution in [0.4, 0.5) is 13.2 Å². The Kier molecular flexibility index (Phi) is 6.15. The summed E-state index contributed by atoms with van der Waals surface area (Å²) in [6.07, 6.45) is 8.17. The van der Waals surface area contributed by atoms with Gasteiger partial charge >= 0.3 is 15.5 Å². The van der Waals surface area contributed by atoms with Gasteiger partial charge in [-0.2, -0.15) is 17.5 Å². The number of carbonyl (C=O) groups is 1. The number of aromatic nitrogens is 1. The highest BCUT2D eigenvalue weighted by atomic mass is 32.2. The molecule has 2 heterocycles. The quantitative estimate of drug-likeness (QED) is 0.656. The lowest BCUT2D eigenvalue weighted by Crippen LogP contribution is -2.44. The summed E-state index contributed by atoms with van der Waals surface area (Å²) in [6, 6.07) is 0.585. The SMILES string of the molecule is O=C(c1csc(C2CCN(S(=O)(=O)C(F)(F)F)CC2)n1)N(C1CCCCC1)C1CC1. The molecule has 0 atom stereocenters. The topological polar surface area (TPSA) is 70.6 Å². The molecule has 1 aliphatic heterocycles. The third kappa shape index (κ3) is 4.38. The van der Waals surface area contributed by atoms with Crippen molar-refractivity contribution in [3.05, 3.63) is 16.1 Å². The Morgan fingerprint density at radius 3 is 2.20 bits per heavy atom. The third-order valence-corrected chi connectivity index (χ3v) is 8.96. The fraction of sp³-hybridized carbons (Fsp3) is 0.789. The number of piperidine rings is 1. The highest BCUT2D eigenvalue weighted by molar-refractivity contribution is 7.90. The van der Waals surface area contributed by atoms with Crippen LogP contribution in [0.25, 0.3) is 0 Å². The van der Waals surface area contributed by atoms with Crippen molar-refractivity contribution < 1.29 is 26.4 Å². The number of thiazole rings is 1. The molecule has 2 aliphatic carbocycles. The molecule has 11 heteroatoms. The summed E-state index contributed by atoms with van der Waals surface area (Å²) in [7, 11) is -5.28. The van der Waals surface area contributed by atoms with Crippen molar-refractivity contribution in [2.75, 3.05) is 13.1 Å². The van der Waals surface area contributed by atoms with Crippen LogP contribution in [-0.2, 0) is 10.0 Å². The van der Waals surface area contributed by atoms with E-state index in [0.717, 1.165) is 38.5 Å². The summed E-state index contributed by atoms with van der Waals surface area (Å²) in [6.45, 7) is -0.378. The summed E-state index contributed by atoms with van der Waals surface area (Å²) in [5, 5.41) is 2.45. The first-order valence-corrected chi connectivity index (χ1v) is 12.8. The van der Waals surface area contributed by atoms with E-state index < -0.39 is 15.5 Å². The Labute approximate surface area is 178 Å². The normalized spacial score (nSPS) is 22.9. The number of alkyl halides is 3. The number of halogens is 3. The summed E-state index contributed by atoms with van der Waals surface area (Å²) in [4.78, 5) is 19.7. The van der Waals surface area contributed by atoms with Crippen LogP contribution in [0.15, 0.2) is 5.38 Å². The van der Waals surface area contributed by atoms with E-state index in [1.54, 1.807) is 5.38 Å². The minimum absolute atomic E-state index is 0.0380. The van der Waals surface area contributed by atoms with Crippen molar-refractivity contribution in [3.8, 4) is 0 Å². The van der Waals surface area contributed by atoms with Gasteiger partial charge in [-0.1, -0.05) is 19.3 Å². The Bertz CT molecular complexity index is 869. The Morgan fingerprint density at radius 2 is 1.63 bits per heavy atom. The summed E-state index contributed by atoms with van der Waals surface area (Å²) in [5.74, 6) is -0.163. The van der Waals surface area contributed by atoms with Crippen LogP contribution in [0.3, 0.4) is 0 Å². The molecule has 0 radical (unpaired) electrons. The maximum Gasteiger partial charge on any atom is 0.511 e. The summed E-state index contributed by atoms with van der Waals surface area (Å²) in [5.41, 5.74) is -4.86. The lowest BCUT2D eigenvalue weighted by atomic mass is 9.94. The predicted octanol–water partition coefficient (Wildman–Crippen LogP) is 4.11. The van der Waals surface area contributed by atoms with E-state index in [-0.39, 0.29) is 43.8 Å². The van der Waals surface area contributed by atoms with Crippen LogP contribution in [-0.4, -0.2) is 59.2 Å². The molecule has 6 nitrogen and oxygen atoms in total. The number of sulfonamides is 1. The lowest BCUT2D eigenvalue weighted by molar-refractivity contribution is -0.0494. The van der Waals surface area contributed by atoms with Gasteiger partial charge in [0, 0.05) is 36.5 Å². The van der Waals surface area contributed by atoms with Gasteiger partial charge in [-0.3, -0.25) is 4.79 Å². The van der Waals surface area contributed by atoms with Crippen molar-refractivity contribution in [2.45, 2.75) is 81.3 Å². The number of hydrogen-bond acceptors (Lipinski definition) is 5. The van der Waals surface area contributed by atoms with Gasteiger partial charge in [0.15, 0.2) is 0 Å². The van der Waals surface area contributed by atoms with Crippen molar-refractivity contribution in [1.82, 2.24) is 14.2 Å². The monoisotopic (exact) mass is 465 g/mol. The van der Waals surface area contributed by atoms with E-state index >= 15 is 0 Å². The van der Waals surface area contributed by atoms with Crippen LogP contribution in [0.2, 0.25) is 0 Å². The van der Waals surface area contributed by atoms with Gasteiger partial charge in [-0.25, -0.2) is 13.4 Å². The molecule has 1 amide bonds. The molecule has 1 aromatic heterocycles. The fourth-order valence-electron chi connectivity index (χ4n) is 4.54. The summed E-state index contributed by atoms with van der Waals surface area (Å²) >= 11 is 1.35. The molecule has 0 N–H and O–H groups in total. The average Bonchev–Trinajstić information content (AvgIpc) is 3.42. The maximum absolute atomic E-state index is 13.2. The number of hydrogen-bond donors (Lipinski definition) is 0. The van der Waals surface area contributed by atoms with Gasteiger partial charge in [0.2, 0.25) is 0 Å². The van der Waals surface area contributed by atoms with Gasteiger partial charge in [-0.15, -0.1) is 11.3 Å². The molecule has 1 saturated heterocycles. The van der Waals surface area contributed by atoms with Crippen LogP contribution < -0.4 is 0 Å². The average molecular weight is 466 g/mol. The molecule has 3 fully saturated rings. The zero-order valence-corrected chi connectivity index (χ0v) is 18.2. The van der Waals surface area contributed by atoms with E-state index in [1.807, 2.05) is 4.90 Å². The molecule has 0 spiro atoms. The van der Waals surface area contributed by atoms with E-state index in [0.29, 0.717) is 21.0 Å². The van der Waals surface area contributed by atoms with Crippen LogP contribution in [0.1, 0.15) is 79.2 Å². The first kappa shape index (κ1) is 22.0. The fourth-order valence-corrected chi connectivity index (χ4v) is 6.49. The Balaban J connectivity index is 1.41. The minimum Gasteiger partial charge on any atom is -0.331 e. The largest absolute Gasteiger partial charge is 0.511 e. The van der Waals surface area contributed by atoms with E-state index in [9.17, 15) is 26.4 Å². The lowest BCUT2D eigenvalue weighted by Gasteiger charge is -2.34. The number of carbonyl (C=O) groups excluding carboxylic acids is 1. The molecular formula is C19H26F3N3O3S2. The van der Waals surface area contributed by atoms with Crippen LogP contribution in [0.5, 0.6) is 0 Å². The molecular weight excluding hydrogens is 439 g/mol. The Morgan fingerprint density at radius 1 is 1.03 bits per heavy atom. The van der Waals surface area contributed by atoms with E-state index in [4.69, 9.17) is 0 Å². The molecule has 0 bridgehead atoms. The Hall–Kier alpha value is -1.20. The number of amides is 1. The second kappa shape index (κ2) is 8.38. The highest BCUT2D eigenvalue weighted by Crippen LogP contribution is 2.37. The minimum atomic E-state index is -5.28. The number of rotatable bonds is 5. The number of nitrogens with zero attached hydrogens (tertiary/aromatic N) is 3. The summed E-state index contributed by atoms with van der Waals surface area (Å²) < 4.78 is 61.9. The molecule has 0 aromatic carbocycles. The van der Waals surface area contributed by atoms with Gasteiger partial charge in [0.1, 0.15) is 5.69 Å². The molecule has 168 valence electrons. The van der Waals surface area contributed by atoms with Gasteiger partial charge in [0.05, 0.1) is 5.01 Å². The molecule has 4 rings (SSSR count). The van der Waals surface area contributed by atoms with E-state index in [1.165, 1.54) is 17.8 Å². The van der Waals surface area contributed by atoms with E-state index in [2.05, 4.69) is 4.98 Å². The first-order valence-electron chi connectivity index (χ1n) is 10.5. The zero-order valence-electron chi connectivity index (χ0n) is 16.6. The van der Waals surface area contributed by atoms with Crippen LogP contribution in [0, 0.1) is 0 Å². The molecule has 0 unspecified atom stereocenters. The predicted molar refractivity (Wildman–Crippen MR) is 107 cm³/mol. The second-order valence-corrected chi connectivity index (χ2v) is 11.2. The van der Waals surface area contributed by atoms with Gasteiger partial charge in [0.25, 0.3) is 5.91 Å². The zero-order chi connectivity index (χ0) is 21.5. The standard InChI is InChI=1S/C19H26F3N3O3S2/c20-19(21,22)30(27,28)24-10-8-13(9-11-24)17-23-16(12-29-17)18(26)25(15-6-7-15)14-4-2-1-3-5-14/h12-15H,1-11H2. The van der Waals surface area contributed by atoms with Crippen molar-refractivity contribution in [1.29, 1.82) is 0 Å². The molecule has 2 saturated carbocycles. The molecule has 3 aliphatic rings. The second-order valence-electron chi connectivity index (χ2n) is 8.43. The highest BCUT2D eigenvalue weighted by Gasteiger charge is 2.50. The third-order valence-electron chi connectivity index (χ3n) is 6.32. The van der Waals surface area contributed by atoms with Crippen molar-refractivity contribution >= 4 is 27.3 Å². The van der Waals surface area contributed by atoms with Crippen molar-refractivity contribution in [2.24, 2.45) is 0 Å².